The smallest absolute Gasteiger partial charge is 0.253 e. The van der Waals surface area contributed by atoms with Crippen LogP contribution in [0.3, 0.4) is 0 Å². The number of aromatic amines is 1. The molecule has 1 aliphatic heterocycles. The summed E-state index contributed by atoms with van der Waals surface area (Å²) in [7, 11) is 0. The number of nitrogens with zero attached hydrogens (tertiary/aromatic N) is 2. The molecule has 0 saturated heterocycles. The third kappa shape index (κ3) is 3.50. The van der Waals surface area contributed by atoms with Gasteiger partial charge in [-0.05, 0) is 49.7 Å². The van der Waals surface area contributed by atoms with Crippen molar-refractivity contribution in [1.29, 1.82) is 0 Å². The number of aryl methyl sites for hydroxylation is 1. The fourth-order valence-electron chi connectivity index (χ4n) is 4.16. The molecule has 3 aromatic heterocycles. The highest BCUT2D eigenvalue weighted by atomic mass is 19.2. The van der Waals surface area contributed by atoms with Gasteiger partial charge in [-0.3, -0.25) is 9.78 Å². The molecule has 9 heteroatoms. The van der Waals surface area contributed by atoms with Crippen molar-refractivity contribution in [3.8, 4) is 17.0 Å². The summed E-state index contributed by atoms with van der Waals surface area (Å²) in [5.41, 5.74) is 3.27. The van der Waals surface area contributed by atoms with Crippen molar-refractivity contribution in [2.75, 3.05) is 0 Å². The maximum absolute atomic E-state index is 14.5. The molecule has 0 aliphatic carbocycles. The topological polar surface area (TPSA) is 100 Å². The van der Waals surface area contributed by atoms with E-state index in [2.05, 4.69) is 20.3 Å². The van der Waals surface area contributed by atoms with Gasteiger partial charge in [0.15, 0.2) is 11.6 Å². The monoisotopic (exact) mass is 450 g/mol. The molecule has 0 saturated carbocycles. The molecule has 33 heavy (non-hydrogen) atoms. The second-order valence-electron chi connectivity index (χ2n) is 8.02. The molecule has 0 unspecified atom stereocenters. The molecule has 3 atom stereocenters. The summed E-state index contributed by atoms with van der Waals surface area (Å²) in [5.74, 6) is -2.76. The number of ether oxygens (including phenoxy) is 1. The quantitative estimate of drug-likeness (QED) is 0.441. The zero-order valence-electron chi connectivity index (χ0n) is 17.8. The number of aromatic nitrogens is 3. The summed E-state index contributed by atoms with van der Waals surface area (Å²) in [6, 6.07) is 6.18. The van der Waals surface area contributed by atoms with Gasteiger partial charge in [0.1, 0.15) is 23.6 Å². The fraction of sp³-hybridized carbons (Fsp3) is 0.208. The van der Waals surface area contributed by atoms with Crippen molar-refractivity contribution in [3.05, 3.63) is 77.2 Å². The third-order valence-corrected chi connectivity index (χ3v) is 5.90. The van der Waals surface area contributed by atoms with Gasteiger partial charge in [0.25, 0.3) is 5.91 Å². The Kier molecular flexibility index (Phi) is 5.05. The maximum atomic E-state index is 14.5. The number of pyridine rings is 2. The highest BCUT2D eigenvalue weighted by molar-refractivity contribution is 5.96. The van der Waals surface area contributed by atoms with Gasteiger partial charge in [0.2, 0.25) is 0 Å². The molecule has 0 fully saturated rings. The minimum Gasteiger partial charge on any atom is -0.487 e. The molecule has 0 bridgehead atoms. The Hall–Kier alpha value is -3.85. The van der Waals surface area contributed by atoms with E-state index in [0.29, 0.717) is 5.69 Å². The number of carbonyl (C=O) groups excluding carboxylic acids is 1. The number of nitrogens with one attached hydrogen (secondary N) is 2. The molecule has 1 amide bonds. The number of hydrogen-bond acceptors (Lipinski definition) is 5. The average molecular weight is 450 g/mol. The van der Waals surface area contributed by atoms with Gasteiger partial charge < -0.3 is 20.1 Å². The molecule has 0 radical (unpaired) electrons. The summed E-state index contributed by atoms with van der Waals surface area (Å²) in [5, 5.41) is 14.1. The number of amides is 1. The lowest BCUT2D eigenvalue weighted by molar-refractivity contribution is 0.00133. The van der Waals surface area contributed by atoms with E-state index in [4.69, 9.17) is 4.74 Å². The van der Waals surface area contributed by atoms with Crippen LogP contribution >= 0.6 is 0 Å². The summed E-state index contributed by atoms with van der Waals surface area (Å²) in [6.45, 7) is 3.55. The zero-order valence-corrected chi connectivity index (χ0v) is 17.8. The molecule has 1 aromatic carbocycles. The number of rotatable bonds is 3. The van der Waals surface area contributed by atoms with E-state index in [1.54, 1.807) is 25.3 Å². The van der Waals surface area contributed by atoms with Crippen molar-refractivity contribution < 1.29 is 23.4 Å². The molecule has 5 rings (SSSR count). The summed E-state index contributed by atoms with van der Waals surface area (Å²) in [4.78, 5) is 24.7. The van der Waals surface area contributed by atoms with Crippen LogP contribution in [0.15, 0.2) is 48.9 Å². The first kappa shape index (κ1) is 21.0. The van der Waals surface area contributed by atoms with Crippen molar-refractivity contribution in [2.24, 2.45) is 0 Å². The van der Waals surface area contributed by atoms with Crippen molar-refractivity contribution in [2.45, 2.75) is 32.1 Å². The number of fused-ring (bicyclic) bond motifs is 2. The number of H-pyrrole nitrogens is 1. The fourth-order valence-corrected chi connectivity index (χ4v) is 4.16. The molecule has 7 nitrogen and oxygen atoms in total. The molecular formula is C24H20F2N4O3. The van der Waals surface area contributed by atoms with E-state index in [-0.39, 0.29) is 16.9 Å². The number of aliphatic hydroxyl groups is 1. The molecule has 1 aliphatic rings. The van der Waals surface area contributed by atoms with E-state index in [1.807, 2.05) is 19.2 Å². The third-order valence-electron chi connectivity index (χ3n) is 5.90. The van der Waals surface area contributed by atoms with E-state index in [1.165, 1.54) is 12.3 Å². The standard InChI is InChI=1S/C24H20F2N4O3/c1-11-9-29-23-18(11)14(7-8-27-23)16-5-3-13(10-28-16)24(32)30-21-19-17(33-12(2)22(21)31)6-4-15(25)20(19)26/h3-10,12,21-22,31H,1-2H3,(H,27,29)(H,30,32)/t12-,21-,22+/m1/s1. The van der Waals surface area contributed by atoms with Gasteiger partial charge in [-0.2, -0.15) is 0 Å². The number of halogens is 2. The van der Waals surface area contributed by atoms with Gasteiger partial charge in [-0.1, -0.05) is 0 Å². The maximum Gasteiger partial charge on any atom is 0.253 e. The lowest BCUT2D eigenvalue weighted by atomic mass is 9.93. The minimum atomic E-state index is -1.27. The molecule has 0 spiro atoms. The predicted octanol–water partition coefficient (Wildman–Crippen LogP) is 3.82. The van der Waals surface area contributed by atoms with Gasteiger partial charge >= 0.3 is 0 Å². The van der Waals surface area contributed by atoms with Gasteiger partial charge in [-0.15, -0.1) is 0 Å². The average Bonchev–Trinajstić information content (AvgIpc) is 3.20. The Labute approximate surface area is 187 Å². The summed E-state index contributed by atoms with van der Waals surface area (Å²) in [6.07, 6.45) is 2.94. The first-order valence-electron chi connectivity index (χ1n) is 10.4. The Bertz CT molecular complexity index is 1370. The van der Waals surface area contributed by atoms with E-state index >= 15 is 0 Å². The van der Waals surface area contributed by atoms with Crippen molar-refractivity contribution in [1.82, 2.24) is 20.3 Å². The van der Waals surface area contributed by atoms with Crippen molar-refractivity contribution in [3.63, 3.8) is 0 Å². The van der Waals surface area contributed by atoms with Crippen LogP contribution in [0, 0.1) is 18.6 Å². The van der Waals surface area contributed by atoms with Crippen LogP contribution in [-0.2, 0) is 0 Å². The second kappa shape index (κ2) is 7.93. The molecule has 168 valence electrons. The number of aliphatic hydroxyl groups excluding tert-OH is 1. The van der Waals surface area contributed by atoms with Crippen LogP contribution in [0.5, 0.6) is 5.75 Å². The minimum absolute atomic E-state index is 0.0778. The predicted molar refractivity (Wildman–Crippen MR) is 117 cm³/mol. The Balaban J connectivity index is 1.44. The largest absolute Gasteiger partial charge is 0.487 e. The number of benzene rings is 1. The lowest BCUT2D eigenvalue weighted by Crippen LogP contribution is -2.47. The van der Waals surface area contributed by atoms with Crippen LogP contribution in [0.2, 0.25) is 0 Å². The summed E-state index contributed by atoms with van der Waals surface area (Å²) < 4.78 is 33.8. The van der Waals surface area contributed by atoms with Crippen LogP contribution in [-0.4, -0.2) is 38.2 Å². The van der Waals surface area contributed by atoms with Crippen LogP contribution in [0.4, 0.5) is 8.78 Å². The molecule has 3 N–H and O–H groups in total. The normalized spacial score (nSPS) is 19.7. The number of carbonyl (C=O) groups is 1. The van der Waals surface area contributed by atoms with Gasteiger partial charge in [0, 0.05) is 29.5 Å². The van der Waals surface area contributed by atoms with E-state index < -0.39 is 35.8 Å². The second-order valence-corrected chi connectivity index (χ2v) is 8.02. The summed E-state index contributed by atoms with van der Waals surface area (Å²) >= 11 is 0. The first-order valence-corrected chi connectivity index (χ1v) is 10.4. The Morgan fingerprint density at radius 1 is 1.18 bits per heavy atom. The zero-order chi connectivity index (χ0) is 23.3. The Morgan fingerprint density at radius 2 is 2.00 bits per heavy atom. The number of hydrogen-bond donors (Lipinski definition) is 3. The lowest BCUT2D eigenvalue weighted by Gasteiger charge is -2.35. The first-order chi connectivity index (χ1) is 15.8. The van der Waals surface area contributed by atoms with E-state index in [0.717, 1.165) is 28.2 Å². The molecule has 4 aromatic rings. The Morgan fingerprint density at radius 3 is 2.76 bits per heavy atom. The van der Waals surface area contributed by atoms with Crippen molar-refractivity contribution >= 4 is 16.9 Å². The van der Waals surface area contributed by atoms with Gasteiger partial charge in [-0.25, -0.2) is 13.8 Å². The molecular weight excluding hydrogens is 430 g/mol. The van der Waals surface area contributed by atoms with Crippen LogP contribution in [0.1, 0.15) is 34.5 Å². The van der Waals surface area contributed by atoms with E-state index in [9.17, 15) is 18.7 Å². The highest BCUT2D eigenvalue weighted by Crippen LogP contribution is 2.38. The highest BCUT2D eigenvalue weighted by Gasteiger charge is 2.39. The molecule has 4 heterocycles. The van der Waals surface area contributed by atoms with Gasteiger partial charge in [0.05, 0.1) is 22.9 Å². The van der Waals surface area contributed by atoms with Crippen LogP contribution < -0.4 is 10.1 Å². The van der Waals surface area contributed by atoms with Crippen LogP contribution in [0.25, 0.3) is 22.3 Å². The SMILES string of the molecule is Cc1c[nH]c2nccc(-c3ccc(C(=O)N[C@@H]4c5c(ccc(F)c5F)O[C@H](C)[C@@H]4O)cn3)c12.